The van der Waals surface area contributed by atoms with Gasteiger partial charge in [-0.3, -0.25) is 4.79 Å². The molecule has 1 saturated carbocycles. The molecule has 0 bridgehead atoms. The fourth-order valence-electron chi connectivity index (χ4n) is 2.88. The molecule has 0 heterocycles. The van der Waals surface area contributed by atoms with E-state index >= 15 is 0 Å². The van der Waals surface area contributed by atoms with Gasteiger partial charge in [-0.2, -0.15) is 0 Å². The first-order valence-electron chi connectivity index (χ1n) is 7.78. The number of ether oxygens (including phenoxy) is 1. The number of rotatable bonds is 6. The van der Waals surface area contributed by atoms with E-state index in [0.717, 1.165) is 31.4 Å². The SMILES string of the molecule is CC(C)c1cccc(OCC(=O)NC2(CN)CCCC2)c1. The van der Waals surface area contributed by atoms with Crippen molar-refractivity contribution in [3.8, 4) is 5.75 Å². The summed E-state index contributed by atoms with van der Waals surface area (Å²) in [6.45, 7) is 4.82. The molecular formula is C17H26N2O2. The van der Waals surface area contributed by atoms with Gasteiger partial charge in [-0.1, -0.05) is 38.8 Å². The lowest BCUT2D eigenvalue weighted by Crippen LogP contribution is -2.52. The van der Waals surface area contributed by atoms with Crippen LogP contribution in [0.4, 0.5) is 0 Å². The molecule has 0 spiro atoms. The second kappa shape index (κ2) is 6.94. The predicted octanol–water partition coefficient (Wildman–Crippen LogP) is 2.58. The molecule has 1 aromatic rings. The van der Waals surface area contributed by atoms with E-state index in [0.29, 0.717) is 12.5 Å². The van der Waals surface area contributed by atoms with Gasteiger partial charge in [-0.05, 0) is 36.5 Å². The largest absolute Gasteiger partial charge is 0.484 e. The van der Waals surface area contributed by atoms with Crippen molar-refractivity contribution in [3.05, 3.63) is 29.8 Å². The molecule has 0 aliphatic heterocycles. The number of hydrogen-bond donors (Lipinski definition) is 2. The molecular weight excluding hydrogens is 264 g/mol. The summed E-state index contributed by atoms with van der Waals surface area (Å²) in [6.07, 6.45) is 4.21. The Labute approximate surface area is 127 Å². The highest BCUT2D eigenvalue weighted by Crippen LogP contribution is 2.28. The maximum absolute atomic E-state index is 12.1. The fourth-order valence-corrected chi connectivity index (χ4v) is 2.88. The molecule has 0 radical (unpaired) electrons. The van der Waals surface area contributed by atoms with E-state index in [1.165, 1.54) is 5.56 Å². The number of amides is 1. The van der Waals surface area contributed by atoms with Gasteiger partial charge in [0, 0.05) is 6.54 Å². The third-order valence-corrected chi connectivity index (χ3v) is 4.25. The summed E-state index contributed by atoms with van der Waals surface area (Å²) in [5.74, 6) is 1.10. The third-order valence-electron chi connectivity index (χ3n) is 4.25. The molecule has 1 amide bonds. The number of nitrogens with one attached hydrogen (secondary N) is 1. The van der Waals surface area contributed by atoms with E-state index < -0.39 is 0 Å². The molecule has 1 aromatic carbocycles. The van der Waals surface area contributed by atoms with Crippen molar-refractivity contribution in [2.24, 2.45) is 5.73 Å². The van der Waals surface area contributed by atoms with Crippen LogP contribution >= 0.6 is 0 Å². The number of hydrogen-bond acceptors (Lipinski definition) is 3. The average Bonchev–Trinajstić information content (AvgIpc) is 2.94. The van der Waals surface area contributed by atoms with E-state index in [1.54, 1.807) is 0 Å². The molecule has 4 heteroatoms. The molecule has 116 valence electrons. The minimum absolute atomic E-state index is 0.0449. The molecule has 0 aromatic heterocycles. The first kappa shape index (κ1) is 15.8. The van der Waals surface area contributed by atoms with Crippen LogP contribution in [0.1, 0.15) is 51.0 Å². The molecule has 1 aliphatic rings. The number of nitrogens with two attached hydrogens (primary N) is 1. The smallest absolute Gasteiger partial charge is 0.258 e. The minimum Gasteiger partial charge on any atom is -0.484 e. The summed E-state index contributed by atoms with van der Waals surface area (Å²) >= 11 is 0. The zero-order valence-electron chi connectivity index (χ0n) is 13.0. The second-order valence-electron chi connectivity index (χ2n) is 6.26. The van der Waals surface area contributed by atoms with Crippen molar-refractivity contribution in [2.45, 2.75) is 51.0 Å². The van der Waals surface area contributed by atoms with Gasteiger partial charge < -0.3 is 15.8 Å². The molecule has 4 nitrogen and oxygen atoms in total. The maximum atomic E-state index is 12.1. The Hall–Kier alpha value is -1.55. The van der Waals surface area contributed by atoms with Crippen LogP contribution < -0.4 is 15.8 Å². The average molecular weight is 290 g/mol. The zero-order valence-corrected chi connectivity index (χ0v) is 13.0. The lowest BCUT2D eigenvalue weighted by Gasteiger charge is -2.28. The summed E-state index contributed by atoms with van der Waals surface area (Å²) in [5, 5.41) is 3.06. The van der Waals surface area contributed by atoms with Crippen molar-refractivity contribution in [1.82, 2.24) is 5.32 Å². The highest BCUT2D eigenvalue weighted by Gasteiger charge is 2.33. The number of carbonyl (C=O) groups excluding carboxylic acids is 1. The standard InChI is InChI=1S/C17H26N2O2/c1-13(2)14-6-5-7-15(10-14)21-11-16(20)19-17(12-18)8-3-4-9-17/h5-7,10,13H,3-4,8-9,11-12,18H2,1-2H3,(H,19,20). The Morgan fingerprint density at radius 2 is 2.10 bits per heavy atom. The van der Waals surface area contributed by atoms with E-state index in [9.17, 15) is 4.79 Å². The summed E-state index contributed by atoms with van der Waals surface area (Å²) in [7, 11) is 0. The Kier molecular flexibility index (Phi) is 5.23. The van der Waals surface area contributed by atoms with Gasteiger partial charge in [0.15, 0.2) is 6.61 Å². The first-order chi connectivity index (χ1) is 10.0. The van der Waals surface area contributed by atoms with Crippen molar-refractivity contribution in [1.29, 1.82) is 0 Å². The molecule has 3 N–H and O–H groups in total. The normalized spacial score (nSPS) is 17.0. The lowest BCUT2D eigenvalue weighted by atomic mass is 9.98. The summed E-state index contributed by atoms with van der Waals surface area (Å²) < 4.78 is 5.61. The molecule has 2 rings (SSSR count). The highest BCUT2D eigenvalue weighted by atomic mass is 16.5. The predicted molar refractivity (Wildman–Crippen MR) is 84.4 cm³/mol. The van der Waals surface area contributed by atoms with Gasteiger partial charge >= 0.3 is 0 Å². The van der Waals surface area contributed by atoms with Gasteiger partial charge in [-0.15, -0.1) is 0 Å². The Morgan fingerprint density at radius 1 is 1.38 bits per heavy atom. The minimum atomic E-state index is -0.208. The lowest BCUT2D eigenvalue weighted by molar-refractivity contribution is -0.124. The summed E-state index contributed by atoms with van der Waals surface area (Å²) in [6, 6.07) is 7.90. The summed E-state index contributed by atoms with van der Waals surface area (Å²) in [5.41, 5.74) is 6.82. The molecule has 1 aliphatic carbocycles. The van der Waals surface area contributed by atoms with Crippen LogP contribution in [0.3, 0.4) is 0 Å². The molecule has 0 saturated heterocycles. The van der Waals surface area contributed by atoms with E-state index in [4.69, 9.17) is 10.5 Å². The van der Waals surface area contributed by atoms with Gasteiger partial charge in [0.25, 0.3) is 5.91 Å². The van der Waals surface area contributed by atoms with Crippen molar-refractivity contribution < 1.29 is 9.53 Å². The van der Waals surface area contributed by atoms with Gasteiger partial charge in [0.05, 0.1) is 5.54 Å². The van der Waals surface area contributed by atoms with E-state index in [1.807, 2.05) is 18.2 Å². The topological polar surface area (TPSA) is 64.3 Å². The van der Waals surface area contributed by atoms with Crippen molar-refractivity contribution in [2.75, 3.05) is 13.2 Å². The number of carbonyl (C=O) groups is 1. The Morgan fingerprint density at radius 3 is 2.71 bits per heavy atom. The van der Waals surface area contributed by atoms with Crippen LogP contribution in [0.5, 0.6) is 5.75 Å². The second-order valence-corrected chi connectivity index (χ2v) is 6.26. The van der Waals surface area contributed by atoms with E-state index in [-0.39, 0.29) is 18.1 Å². The monoisotopic (exact) mass is 290 g/mol. The molecule has 0 unspecified atom stereocenters. The van der Waals surface area contributed by atoms with Crippen molar-refractivity contribution >= 4 is 5.91 Å². The molecule has 1 fully saturated rings. The van der Waals surface area contributed by atoms with Gasteiger partial charge in [-0.25, -0.2) is 0 Å². The third kappa shape index (κ3) is 4.21. The quantitative estimate of drug-likeness (QED) is 0.846. The van der Waals surface area contributed by atoms with Gasteiger partial charge in [0.2, 0.25) is 0 Å². The number of benzene rings is 1. The molecule has 21 heavy (non-hydrogen) atoms. The highest BCUT2D eigenvalue weighted by molar-refractivity contribution is 5.78. The van der Waals surface area contributed by atoms with Crippen LogP contribution in [-0.2, 0) is 4.79 Å². The molecule has 0 atom stereocenters. The van der Waals surface area contributed by atoms with Gasteiger partial charge in [0.1, 0.15) is 5.75 Å². The van der Waals surface area contributed by atoms with Crippen LogP contribution in [0.15, 0.2) is 24.3 Å². The Balaban J connectivity index is 1.87. The summed E-state index contributed by atoms with van der Waals surface area (Å²) in [4.78, 5) is 12.1. The zero-order chi connectivity index (χ0) is 15.3. The fraction of sp³-hybridized carbons (Fsp3) is 0.588. The van der Waals surface area contributed by atoms with Crippen LogP contribution in [-0.4, -0.2) is 24.6 Å². The maximum Gasteiger partial charge on any atom is 0.258 e. The van der Waals surface area contributed by atoms with Crippen molar-refractivity contribution in [3.63, 3.8) is 0 Å². The van der Waals surface area contributed by atoms with Crippen LogP contribution in [0, 0.1) is 0 Å². The Bertz CT molecular complexity index is 479. The van der Waals surface area contributed by atoms with E-state index in [2.05, 4.69) is 25.2 Å². The van der Waals surface area contributed by atoms with Crippen LogP contribution in [0.2, 0.25) is 0 Å². The van der Waals surface area contributed by atoms with Crippen LogP contribution in [0.25, 0.3) is 0 Å². The first-order valence-corrected chi connectivity index (χ1v) is 7.78.